The van der Waals surface area contributed by atoms with Crippen molar-refractivity contribution in [3.8, 4) is 11.4 Å². The van der Waals surface area contributed by atoms with Crippen molar-refractivity contribution in [2.75, 3.05) is 0 Å². The van der Waals surface area contributed by atoms with Crippen molar-refractivity contribution in [3.05, 3.63) is 35.5 Å². The lowest BCUT2D eigenvalue weighted by atomic mass is 10.2. The summed E-state index contributed by atoms with van der Waals surface area (Å²) in [5.74, 6) is 0.340. The fourth-order valence-corrected chi connectivity index (χ4v) is 1.19. The van der Waals surface area contributed by atoms with Crippen molar-refractivity contribution in [2.24, 2.45) is 0 Å². The zero-order valence-electron chi connectivity index (χ0n) is 7.79. The quantitative estimate of drug-likeness (QED) is 0.514. The summed E-state index contributed by atoms with van der Waals surface area (Å²) in [4.78, 5) is 1.91. The van der Waals surface area contributed by atoms with Gasteiger partial charge in [0.1, 0.15) is 6.54 Å². The molecule has 0 radical (unpaired) electrons. The van der Waals surface area contributed by atoms with E-state index in [4.69, 9.17) is 0 Å². The van der Waals surface area contributed by atoms with E-state index in [9.17, 15) is 5.21 Å². The van der Waals surface area contributed by atoms with E-state index in [1.165, 1.54) is 4.80 Å². The molecule has 72 valence electrons. The largest absolute Gasteiger partial charge is 0.721 e. The lowest BCUT2D eigenvalue weighted by Gasteiger charge is -1.96. The number of tetrazole rings is 1. The molecule has 0 N–H and O–H groups in total. The Morgan fingerprint density at radius 1 is 1.36 bits per heavy atom. The molecule has 0 spiro atoms. The van der Waals surface area contributed by atoms with Crippen LogP contribution >= 0.6 is 0 Å². The molecule has 1 heterocycles. The first-order valence-corrected chi connectivity index (χ1v) is 4.41. The van der Waals surface area contributed by atoms with Gasteiger partial charge in [-0.25, -0.2) is 0 Å². The molecule has 14 heavy (non-hydrogen) atoms. The second kappa shape index (κ2) is 3.45. The van der Waals surface area contributed by atoms with Crippen LogP contribution in [0.5, 0.6) is 0 Å². The third-order valence-electron chi connectivity index (χ3n) is 1.89. The van der Waals surface area contributed by atoms with E-state index in [1.54, 1.807) is 0 Å². The molecule has 0 aliphatic carbocycles. The minimum Gasteiger partial charge on any atom is -0.721 e. The number of hydrogen-bond acceptors (Lipinski definition) is 3. The van der Waals surface area contributed by atoms with Crippen molar-refractivity contribution >= 4 is 0 Å². The topological polar surface area (TPSA) is 57.6 Å². The van der Waals surface area contributed by atoms with Crippen molar-refractivity contribution in [3.63, 3.8) is 0 Å². The van der Waals surface area contributed by atoms with Crippen LogP contribution in [0.25, 0.3) is 11.4 Å². The zero-order chi connectivity index (χ0) is 9.97. The predicted octanol–water partition coefficient (Wildman–Crippen LogP) is 0.598. The molecule has 0 unspecified atom stereocenters. The molecule has 0 saturated carbocycles. The summed E-state index contributed by atoms with van der Waals surface area (Å²) in [6, 6.07) is 9.28. The molecule has 0 aliphatic heterocycles. The first-order valence-electron chi connectivity index (χ1n) is 4.41. The van der Waals surface area contributed by atoms with Crippen LogP contribution in [0, 0.1) is 5.21 Å². The summed E-state index contributed by atoms with van der Waals surface area (Å²) in [5, 5.41) is 19.0. The van der Waals surface area contributed by atoms with Gasteiger partial charge in [-0.05, 0) is 23.9 Å². The molecule has 5 nitrogen and oxygen atoms in total. The lowest BCUT2D eigenvalue weighted by Crippen LogP contribution is -2.31. The summed E-state index contributed by atoms with van der Waals surface area (Å²) in [5.41, 5.74) is 0.780. The molecule has 0 fully saturated rings. The van der Waals surface area contributed by atoms with E-state index in [0.29, 0.717) is 17.2 Å². The molecule has 0 saturated heterocycles. The van der Waals surface area contributed by atoms with Gasteiger partial charge in [0, 0.05) is 0 Å². The highest BCUT2D eigenvalue weighted by atomic mass is 16.5. The Labute approximate surface area is 81.2 Å². The smallest absolute Gasteiger partial charge is 0.330 e. The van der Waals surface area contributed by atoms with E-state index in [2.05, 4.69) is 10.3 Å². The first kappa shape index (κ1) is 8.68. The maximum atomic E-state index is 11.3. The SMILES string of the molecule is CCn1nc(-c2ccccc2)[n+]([O-])n1. The van der Waals surface area contributed by atoms with Crippen LogP contribution in [0.1, 0.15) is 6.92 Å². The number of rotatable bonds is 2. The minimum atomic E-state index is 0.340. The molecule has 0 atom stereocenters. The number of nitrogens with zero attached hydrogens (tertiary/aromatic N) is 4. The van der Waals surface area contributed by atoms with Gasteiger partial charge in [-0.15, -0.1) is 4.85 Å². The van der Waals surface area contributed by atoms with Gasteiger partial charge in [0.2, 0.25) is 0 Å². The summed E-state index contributed by atoms with van der Waals surface area (Å²) in [6.45, 7) is 2.48. The van der Waals surface area contributed by atoms with Gasteiger partial charge in [0.05, 0.1) is 15.9 Å². The molecule has 1 aromatic heterocycles. The molecule has 5 heteroatoms. The van der Waals surface area contributed by atoms with E-state index in [0.717, 1.165) is 5.56 Å². The minimum absolute atomic E-state index is 0.340. The number of benzene rings is 1. The zero-order valence-corrected chi connectivity index (χ0v) is 7.79. The average Bonchev–Trinajstić information content (AvgIpc) is 2.61. The molecule has 1 aromatic carbocycles. The maximum Gasteiger partial charge on any atom is 0.330 e. The first-order chi connectivity index (χ1) is 6.81. The van der Waals surface area contributed by atoms with Crippen molar-refractivity contribution < 1.29 is 4.85 Å². The Balaban J connectivity index is 2.46. The van der Waals surface area contributed by atoms with E-state index in [-0.39, 0.29) is 0 Å². The summed E-state index contributed by atoms with van der Waals surface area (Å²) >= 11 is 0. The molecule has 0 bridgehead atoms. The van der Waals surface area contributed by atoms with Crippen LogP contribution < -0.4 is 4.85 Å². The van der Waals surface area contributed by atoms with Gasteiger partial charge in [-0.1, -0.05) is 18.2 Å². The Morgan fingerprint density at radius 3 is 2.64 bits per heavy atom. The van der Waals surface area contributed by atoms with Crippen LogP contribution in [0.15, 0.2) is 30.3 Å². The number of aryl methyl sites for hydroxylation is 1. The second-order valence-corrected chi connectivity index (χ2v) is 2.84. The Kier molecular flexibility index (Phi) is 2.14. The van der Waals surface area contributed by atoms with Gasteiger partial charge in [-0.3, -0.25) is 0 Å². The van der Waals surface area contributed by atoms with Crippen molar-refractivity contribution in [1.82, 2.24) is 15.1 Å². The van der Waals surface area contributed by atoms with Crippen molar-refractivity contribution in [1.29, 1.82) is 0 Å². The highest BCUT2D eigenvalue weighted by molar-refractivity contribution is 5.50. The van der Waals surface area contributed by atoms with Crippen LogP contribution in [0.2, 0.25) is 0 Å². The monoisotopic (exact) mass is 190 g/mol. The van der Waals surface area contributed by atoms with E-state index in [1.807, 2.05) is 37.3 Å². The van der Waals surface area contributed by atoms with E-state index < -0.39 is 0 Å². The van der Waals surface area contributed by atoms with Gasteiger partial charge >= 0.3 is 5.82 Å². The number of aromatic nitrogens is 4. The summed E-state index contributed by atoms with van der Waals surface area (Å²) in [6.07, 6.45) is 0. The standard InChI is InChI=1S/C9H10N4O/c1-2-12-10-9(13(14)11-12)8-6-4-3-5-7-8/h3-7H,2H2,1H3. The third kappa shape index (κ3) is 1.44. The maximum absolute atomic E-state index is 11.3. The Morgan fingerprint density at radius 2 is 2.07 bits per heavy atom. The summed E-state index contributed by atoms with van der Waals surface area (Å²) in [7, 11) is 0. The fourth-order valence-electron chi connectivity index (χ4n) is 1.19. The fraction of sp³-hybridized carbons (Fsp3) is 0.222. The highest BCUT2D eigenvalue weighted by Crippen LogP contribution is 2.10. The van der Waals surface area contributed by atoms with Crippen LogP contribution in [0.3, 0.4) is 0 Å². The Bertz CT molecular complexity index is 424. The van der Waals surface area contributed by atoms with Crippen LogP contribution in [-0.2, 0) is 6.54 Å². The Hall–Kier alpha value is -1.91. The normalized spacial score (nSPS) is 10.4. The van der Waals surface area contributed by atoms with Gasteiger partial charge < -0.3 is 5.21 Å². The number of hydrogen-bond donors (Lipinski definition) is 0. The predicted molar refractivity (Wildman–Crippen MR) is 50.1 cm³/mol. The van der Waals surface area contributed by atoms with Crippen LogP contribution in [0.4, 0.5) is 0 Å². The molecule has 0 amide bonds. The summed E-state index contributed by atoms with van der Waals surface area (Å²) < 4.78 is 0. The molecular formula is C9H10N4O. The third-order valence-corrected chi connectivity index (χ3v) is 1.89. The molecule has 2 rings (SSSR count). The average molecular weight is 190 g/mol. The molecular weight excluding hydrogens is 180 g/mol. The van der Waals surface area contributed by atoms with Gasteiger partial charge in [0.15, 0.2) is 0 Å². The van der Waals surface area contributed by atoms with Crippen molar-refractivity contribution in [2.45, 2.75) is 13.5 Å². The lowest BCUT2D eigenvalue weighted by molar-refractivity contribution is -0.661. The second-order valence-electron chi connectivity index (χ2n) is 2.84. The van der Waals surface area contributed by atoms with E-state index >= 15 is 0 Å². The molecule has 2 aromatic rings. The van der Waals surface area contributed by atoms with Gasteiger partial charge in [0.25, 0.3) is 0 Å². The molecule has 0 aliphatic rings. The van der Waals surface area contributed by atoms with Crippen LogP contribution in [-0.4, -0.2) is 15.1 Å². The highest BCUT2D eigenvalue weighted by Gasteiger charge is 2.14. The van der Waals surface area contributed by atoms with Gasteiger partial charge in [-0.2, -0.15) is 0 Å².